The van der Waals surface area contributed by atoms with Gasteiger partial charge in [-0.2, -0.15) is 0 Å². The number of ether oxygens (including phenoxy) is 1. The minimum Gasteiger partial charge on any atom is -0.387 e. The first-order valence-electron chi connectivity index (χ1n) is 9.36. The van der Waals surface area contributed by atoms with Crippen LogP contribution >= 0.6 is 0 Å². The fourth-order valence-corrected chi connectivity index (χ4v) is 2.76. The van der Waals surface area contributed by atoms with Crippen molar-refractivity contribution in [2.45, 2.75) is 41.5 Å². The largest absolute Gasteiger partial charge is 0.387 e. The Bertz CT molecular complexity index is 915. The minimum absolute atomic E-state index is 0. The molecule has 0 saturated carbocycles. The summed E-state index contributed by atoms with van der Waals surface area (Å²) in [7, 11) is 0. The molecule has 0 aliphatic carbocycles. The average Bonchev–Trinajstić information content (AvgIpc) is 3.04. The maximum atomic E-state index is 9.92. The number of aryl methyl sites for hydroxylation is 4. The number of benzene rings is 2. The molecule has 0 radical (unpaired) electrons. The number of aliphatic imine (C=N–C) groups is 2. The van der Waals surface area contributed by atoms with Gasteiger partial charge in [-0.3, -0.25) is 9.98 Å². The number of hydrogen-bond donors (Lipinski definition) is 0. The van der Waals surface area contributed by atoms with Gasteiger partial charge in [0.2, 0.25) is 0 Å². The molecule has 0 aromatic heterocycles. The Hall–Kier alpha value is -2.68. The van der Waals surface area contributed by atoms with E-state index in [9.17, 15) is 9.59 Å². The van der Waals surface area contributed by atoms with E-state index in [1.54, 1.807) is 0 Å². The number of carbonyl (C=O) groups excluding carboxylic acids is 2. The molecule has 2 aromatic rings. The number of para-hydroxylation sites is 2. The molecule has 168 valence electrons. The van der Waals surface area contributed by atoms with Crippen molar-refractivity contribution < 1.29 is 34.7 Å². The van der Waals surface area contributed by atoms with E-state index in [4.69, 9.17) is 9.98 Å². The summed E-state index contributed by atoms with van der Waals surface area (Å²) in [4.78, 5) is 29.4. The standard InChI is InChI=1S/C20H24N2.C4H2O3.CH3.Pd/c1-13-9-7-10-14(2)19(13)21-17(5)18(6)22-20-15(3)11-8-12-16(20)4;5-3-1-2-4(6)7-3;;/h7-12H,1-6H3;1-2H;1H3;/q;;-1;. The van der Waals surface area contributed by atoms with Gasteiger partial charge in [-0.15, -0.1) is 0 Å². The predicted octanol–water partition coefficient (Wildman–Crippen LogP) is 5.88. The molecule has 3 rings (SSSR count). The quantitative estimate of drug-likeness (QED) is 0.170. The van der Waals surface area contributed by atoms with Crippen molar-refractivity contribution in [3.05, 3.63) is 78.2 Å². The minimum atomic E-state index is -0.579. The summed E-state index contributed by atoms with van der Waals surface area (Å²) in [6, 6.07) is 12.5. The molecule has 0 spiro atoms. The smallest absolute Gasteiger partial charge is 0.338 e. The van der Waals surface area contributed by atoms with Crippen LogP contribution in [0, 0.1) is 35.1 Å². The monoisotopic (exact) mass is 511 g/mol. The molecule has 0 saturated heterocycles. The van der Waals surface area contributed by atoms with Crippen LogP contribution in [-0.2, 0) is 34.7 Å². The zero-order chi connectivity index (χ0) is 21.6. The topological polar surface area (TPSA) is 68.1 Å². The summed E-state index contributed by atoms with van der Waals surface area (Å²) < 4.78 is 3.97. The number of rotatable bonds is 3. The van der Waals surface area contributed by atoms with Crippen LogP contribution in [0.3, 0.4) is 0 Å². The molecule has 1 aliphatic heterocycles. The van der Waals surface area contributed by atoms with Crippen LogP contribution in [0.5, 0.6) is 0 Å². The third-order valence-corrected chi connectivity index (χ3v) is 4.52. The molecule has 6 heteroatoms. The molecular weight excluding hydrogens is 483 g/mol. The van der Waals surface area contributed by atoms with Crippen LogP contribution in [0.4, 0.5) is 11.4 Å². The average molecular weight is 512 g/mol. The van der Waals surface area contributed by atoms with Crippen molar-refractivity contribution in [1.29, 1.82) is 0 Å². The maximum absolute atomic E-state index is 9.92. The van der Waals surface area contributed by atoms with E-state index in [-0.39, 0.29) is 27.8 Å². The molecule has 31 heavy (non-hydrogen) atoms. The van der Waals surface area contributed by atoms with Crippen molar-refractivity contribution in [3.8, 4) is 0 Å². The van der Waals surface area contributed by atoms with Crippen molar-refractivity contribution in [3.63, 3.8) is 0 Å². The van der Waals surface area contributed by atoms with E-state index in [2.05, 4.69) is 68.8 Å². The van der Waals surface area contributed by atoms with Crippen LogP contribution in [-0.4, -0.2) is 23.4 Å². The van der Waals surface area contributed by atoms with Crippen LogP contribution in [0.25, 0.3) is 0 Å². The molecule has 0 N–H and O–H groups in total. The fourth-order valence-electron chi connectivity index (χ4n) is 2.76. The molecule has 0 bridgehead atoms. The fraction of sp³-hybridized carbons (Fsp3) is 0.240. The maximum Gasteiger partial charge on any atom is 0.338 e. The molecule has 0 atom stereocenters. The summed E-state index contributed by atoms with van der Waals surface area (Å²) >= 11 is 0. The van der Waals surface area contributed by atoms with Crippen molar-refractivity contribution in [2.24, 2.45) is 9.98 Å². The van der Waals surface area contributed by atoms with Gasteiger partial charge in [-0.1, -0.05) is 36.4 Å². The zero-order valence-corrected chi connectivity index (χ0v) is 20.6. The first-order chi connectivity index (χ1) is 13.7. The van der Waals surface area contributed by atoms with Gasteiger partial charge in [0.1, 0.15) is 0 Å². The molecule has 0 fully saturated rings. The summed E-state index contributed by atoms with van der Waals surface area (Å²) in [6.07, 6.45) is 2.17. The van der Waals surface area contributed by atoms with Gasteiger partial charge in [-0.05, 0) is 63.8 Å². The van der Waals surface area contributed by atoms with Crippen molar-refractivity contribution in [1.82, 2.24) is 0 Å². The Morgan fingerprint density at radius 1 is 0.677 bits per heavy atom. The van der Waals surface area contributed by atoms with Crippen molar-refractivity contribution in [2.75, 3.05) is 0 Å². The zero-order valence-electron chi connectivity index (χ0n) is 19.1. The molecule has 0 amide bonds. The van der Waals surface area contributed by atoms with Crippen LogP contribution in [0.15, 0.2) is 58.5 Å². The van der Waals surface area contributed by atoms with Gasteiger partial charge >= 0.3 is 11.9 Å². The van der Waals surface area contributed by atoms with Gasteiger partial charge in [0.25, 0.3) is 0 Å². The number of esters is 2. The summed E-state index contributed by atoms with van der Waals surface area (Å²) in [5.74, 6) is -1.16. The SMILES string of the molecule is CC(=Nc1c(C)cccc1C)C(C)=Nc1c(C)cccc1C.O=C1C=CC(=O)O1.[CH3-].[Pd]. The second-order valence-corrected chi connectivity index (χ2v) is 6.95. The number of cyclic esters (lactones) is 2. The van der Waals surface area contributed by atoms with E-state index >= 15 is 0 Å². The third kappa shape index (κ3) is 8.16. The Kier molecular flexibility index (Phi) is 11.8. The number of nitrogens with zero attached hydrogens (tertiary/aromatic N) is 2. The van der Waals surface area contributed by atoms with E-state index in [0.29, 0.717) is 0 Å². The Morgan fingerprint density at radius 2 is 0.968 bits per heavy atom. The van der Waals surface area contributed by atoms with Gasteiger partial charge < -0.3 is 12.2 Å². The Labute approximate surface area is 199 Å². The van der Waals surface area contributed by atoms with Crippen molar-refractivity contribution >= 4 is 34.7 Å². The van der Waals surface area contributed by atoms with Crippen LogP contribution < -0.4 is 0 Å². The summed E-state index contributed by atoms with van der Waals surface area (Å²) in [5.41, 5.74) is 8.80. The van der Waals surface area contributed by atoms with Crippen LogP contribution in [0.2, 0.25) is 0 Å². The molecule has 0 unspecified atom stereocenters. The van der Waals surface area contributed by atoms with Gasteiger partial charge in [0.15, 0.2) is 0 Å². The summed E-state index contributed by atoms with van der Waals surface area (Å²) in [6.45, 7) is 12.4. The normalized spacial score (nSPS) is 13.0. The van der Waals surface area contributed by atoms with Crippen LogP contribution in [0.1, 0.15) is 36.1 Å². The molecule has 5 nitrogen and oxygen atoms in total. The molecular formula is C25H29N2O3Pd-. The van der Waals surface area contributed by atoms with E-state index in [0.717, 1.165) is 35.0 Å². The summed E-state index contributed by atoms with van der Waals surface area (Å²) in [5, 5.41) is 0. The predicted molar refractivity (Wildman–Crippen MR) is 124 cm³/mol. The molecule has 2 aromatic carbocycles. The third-order valence-electron chi connectivity index (χ3n) is 4.52. The number of hydrogen-bond acceptors (Lipinski definition) is 5. The van der Waals surface area contributed by atoms with E-state index < -0.39 is 11.9 Å². The van der Waals surface area contributed by atoms with Gasteiger partial charge in [0.05, 0.1) is 22.8 Å². The second kappa shape index (κ2) is 12.9. The van der Waals surface area contributed by atoms with Gasteiger partial charge in [0, 0.05) is 32.6 Å². The first kappa shape index (κ1) is 28.3. The van der Waals surface area contributed by atoms with E-state index in [1.807, 2.05) is 13.8 Å². The Morgan fingerprint density at radius 3 is 1.19 bits per heavy atom. The Balaban J connectivity index is 0.000000854. The number of carbonyl (C=O) groups is 2. The van der Waals surface area contributed by atoms with E-state index in [1.165, 1.54) is 22.3 Å². The van der Waals surface area contributed by atoms with Gasteiger partial charge in [-0.25, -0.2) is 9.59 Å². The second-order valence-electron chi connectivity index (χ2n) is 6.95. The molecule has 1 aliphatic rings. The first-order valence-corrected chi connectivity index (χ1v) is 9.36. The molecule has 1 heterocycles.